The molecule has 1 N–H and O–H groups in total. The summed E-state index contributed by atoms with van der Waals surface area (Å²) < 4.78 is 11.5. The molecule has 1 unspecified atom stereocenters. The Hall–Kier alpha value is -3.01. The molecule has 3 aromatic rings. The fourth-order valence-electron chi connectivity index (χ4n) is 2.89. The highest BCUT2D eigenvalue weighted by Gasteiger charge is 2.08. The monoisotopic (exact) mass is 349 g/mol. The first-order chi connectivity index (χ1) is 12.5. The van der Waals surface area contributed by atoms with E-state index in [-0.39, 0.29) is 11.9 Å². The van der Waals surface area contributed by atoms with Gasteiger partial charge < -0.3 is 14.8 Å². The van der Waals surface area contributed by atoms with Crippen molar-refractivity contribution in [2.45, 2.75) is 26.8 Å². The number of ether oxygens (including phenoxy) is 2. The predicted molar refractivity (Wildman–Crippen MR) is 104 cm³/mol. The second kappa shape index (κ2) is 7.91. The van der Waals surface area contributed by atoms with Gasteiger partial charge in [0.25, 0.3) is 0 Å². The first kappa shape index (κ1) is 17.8. The molecule has 0 saturated carbocycles. The lowest BCUT2D eigenvalue weighted by molar-refractivity contribution is -0.119. The first-order valence-electron chi connectivity index (χ1n) is 8.76. The fourth-order valence-corrected chi connectivity index (χ4v) is 2.89. The minimum Gasteiger partial charge on any atom is -0.494 e. The summed E-state index contributed by atoms with van der Waals surface area (Å²) >= 11 is 0. The Morgan fingerprint density at radius 2 is 1.65 bits per heavy atom. The van der Waals surface area contributed by atoms with Crippen LogP contribution in [0.4, 0.5) is 0 Å². The van der Waals surface area contributed by atoms with Gasteiger partial charge in [0.2, 0.25) is 5.91 Å². The van der Waals surface area contributed by atoms with Gasteiger partial charge in [-0.3, -0.25) is 4.79 Å². The molecule has 0 aliphatic carbocycles. The van der Waals surface area contributed by atoms with Crippen LogP contribution >= 0.6 is 0 Å². The van der Waals surface area contributed by atoms with Gasteiger partial charge in [-0.25, -0.2) is 0 Å². The number of fused-ring (bicyclic) bond motifs is 1. The van der Waals surface area contributed by atoms with Crippen LogP contribution in [-0.4, -0.2) is 12.5 Å². The van der Waals surface area contributed by atoms with Crippen LogP contribution in [0.15, 0.2) is 60.7 Å². The molecule has 1 atom stereocenters. The SMILES string of the molecule is CCOc1cccc(Oc2ccc3cc(C(C)NC(C)=O)ccc3c2)c1. The van der Waals surface area contributed by atoms with E-state index in [0.29, 0.717) is 6.61 Å². The smallest absolute Gasteiger partial charge is 0.217 e. The summed E-state index contributed by atoms with van der Waals surface area (Å²) in [4.78, 5) is 11.2. The largest absolute Gasteiger partial charge is 0.494 e. The molecule has 0 spiro atoms. The molecule has 0 saturated heterocycles. The summed E-state index contributed by atoms with van der Waals surface area (Å²) in [5.74, 6) is 2.28. The number of amides is 1. The summed E-state index contributed by atoms with van der Waals surface area (Å²) in [6.45, 7) is 6.09. The van der Waals surface area contributed by atoms with E-state index in [1.165, 1.54) is 6.92 Å². The highest BCUT2D eigenvalue weighted by Crippen LogP contribution is 2.29. The lowest BCUT2D eigenvalue weighted by Crippen LogP contribution is -2.23. The normalized spacial score (nSPS) is 11.8. The Kier molecular flexibility index (Phi) is 5.42. The van der Waals surface area contributed by atoms with Gasteiger partial charge in [-0.1, -0.05) is 24.3 Å². The van der Waals surface area contributed by atoms with Crippen LogP contribution in [0.25, 0.3) is 10.8 Å². The molecule has 0 aromatic heterocycles. The van der Waals surface area contributed by atoms with Crippen molar-refractivity contribution in [3.05, 3.63) is 66.2 Å². The second-order valence-electron chi connectivity index (χ2n) is 6.20. The van der Waals surface area contributed by atoms with Gasteiger partial charge in [-0.05, 0) is 60.5 Å². The van der Waals surface area contributed by atoms with Crippen LogP contribution < -0.4 is 14.8 Å². The third-order valence-corrected chi connectivity index (χ3v) is 4.11. The van der Waals surface area contributed by atoms with Gasteiger partial charge in [0.15, 0.2) is 0 Å². The van der Waals surface area contributed by atoms with Gasteiger partial charge in [0.1, 0.15) is 17.2 Å². The minimum atomic E-state index is -0.0318. The van der Waals surface area contributed by atoms with Crippen LogP contribution in [0, 0.1) is 0 Å². The number of nitrogens with one attached hydrogen (secondary N) is 1. The summed E-state index contributed by atoms with van der Waals surface area (Å²) in [6.07, 6.45) is 0. The van der Waals surface area contributed by atoms with Crippen molar-refractivity contribution >= 4 is 16.7 Å². The van der Waals surface area contributed by atoms with E-state index in [1.54, 1.807) is 0 Å². The maximum atomic E-state index is 11.2. The molecule has 0 heterocycles. The first-order valence-corrected chi connectivity index (χ1v) is 8.76. The molecule has 0 radical (unpaired) electrons. The van der Waals surface area contributed by atoms with Crippen LogP contribution in [-0.2, 0) is 4.79 Å². The van der Waals surface area contributed by atoms with Crippen molar-refractivity contribution in [2.24, 2.45) is 0 Å². The van der Waals surface area contributed by atoms with Crippen molar-refractivity contribution in [3.63, 3.8) is 0 Å². The zero-order valence-corrected chi connectivity index (χ0v) is 15.3. The molecule has 4 heteroatoms. The zero-order valence-electron chi connectivity index (χ0n) is 15.3. The summed E-state index contributed by atoms with van der Waals surface area (Å²) in [5.41, 5.74) is 1.07. The molecule has 3 rings (SSSR count). The van der Waals surface area contributed by atoms with Gasteiger partial charge in [-0.2, -0.15) is 0 Å². The number of hydrogen-bond donors (Lipinski definition) is 1. The molecular formula is C22H23NO3. The number of carbonyl (C=O) groups excluding carboxylic acids is 1. The molecule has 26 heavy (non-hydrogen) atoms. The maximum Gasteiger partial charge on any atom is 0.217 e. The van der Waals surface area contributed by atoms with E-state index in [9.17, 15) is 4.79 Å². The lowest BCUT2D eigenvalue weighted by atomic mass is 10.0. The quantitative estimate of drug-likeness (QED) is 0.663. The van der Waals surface area contributed by atoms with Crippen molar-refractivity contribution in [1.82, 2.24) is 5.32 Å². The van der Waals surface area contributed by atoms with E-state index in [1.807, 2.05) is 68.4 Å². The molecule has 3 aromatic carbocycles. The lowest BCUT2D eigenvalue weighted by Gasteiger charge is -2.14. The predicted octanol–water partition coefficient (Wildman–Crippen LogP) is 5.23. The fraction of sp³-hybridized carbons (Fsp3) is 0.227. The summed E-state index contributed by atoms with van der Waals surface area (Å²) in [5, 5.41) is 5.10. The summed E-state index contributed by atoms with van der Waals surface area (Å²) in [7, 11) is 0. The van der Waals surface area contributed by atoms with Crippen molar-refractivity contribution in [3.8, 4) is 17.2 Å². The van der Waals surface area contributed by atoms with Crippen LogP contribution in [0.3, 0.4) is 0 Å². The second-order valence-corrected chi connectivity index (χ2v) is 6.20. The topological polar surface area (TPSA) is 47.6 Å². The Balaban J connectivity index is 1.81. The highest BCUT2D eigenvalue weighted by molar-refractivity contribution is 5.85. The number of benzene rings is 3. The van der Waals surface area contributed by atoms with Crippen LogP contribution in [0.2, 0.25) is 0 Å². The third kappa shape index (κ3) is 4.33. The van der Waals surface area contributed by atoms with E-state index >= 15 is 0 Å². The Bertz CT molecular complexity index is 920. The standard InChI is InChI=1S/C22H23NO3/c1-4-25-20-6-5-7-21(14-20)26-22-11-10-18-12-17(8-9-19(18)13-22)15(2)23-16(3)24/h5-15H,4H2,1-3H3,(H,23,24). The third-order valence-electron chi connectivity index (χ3n) is 4.11. The molecule has 4 nitrogen and oxygen atoms in total. The van der Waals surface area contributed by atoms with Gasteiger partial charge >= 0.3 is 0 Å². The van der Waals surface area contributed by atoms with Crippen LogP contribution in [0.1, 0.15) is 32.4 Å². The molecule has 0 bridgehead atoms. The Labute approximate surface area is 153 Å². The average molecular weight is 349 g/mol. The average Bonchev–Trinajstić information content (AvgIpc) is 2.61. The van der Waals surface area contributed by atoms with E-state index < -0.39 is 0 Å². The summed E-state index contributed by atoms with van der Waals surface area (Å²) in [6, 6.07) is 19.8. The molecule has 1 amide bonds. The van der Waals surface area contributed by atoms with Gasteiger partial charge in [0, 0.05) is 13.0 Å². The molecule has 0 aliphatic heterocycles. The molecule has 134 valence electrons. The number of rotatable bonds is 6. The molecular weight excluding hydrogens is 326 g/mol. The van der Waals surface area contributed by atoms with Crippen molar-refractivity contribution in [2.75, 3.05) is 6.61 Å². The maximum absolute atomic E-state index is 11.2. The van der Waals surface area contributed by atoms with E-state index in [2.05, 4.69) is 11.4 Å². The van der Waals surface area contributed by atoms with Gasteiger partial charge in [-0.15, -0.1) is 0 Å². The van der Waals surface area contributed by atoms with Crippen molar-refractivity contribution in [1.29, 1.82) is 0 Å². The van der Waals surface area contributed by atoms with E-state index in [0.717, 1.165) is 33.6 Å². The Morgan fingerprint density at radius 1 is 0.962 bits per heavy atom. The minimum absolute atomic E-state index is 0.0193. The molecule has 0 aliphatic rings. The highest BCUT2D eigenvalue weighted by atomic mass is 16.5. The Morgan fingerprint density at radius 3 is 2.42 bits per heavy atom. The van der Waals surface area contributed by atoms with Crippen molar-refractivity contribution < 1.29 is 14.3 Å². The van der Waals surface area contributed by atoms with Gasteiger partial charge in [0.05, 0.1) is 12.6 Å². The number of hydrogen-bond acceptors (Lipinski definition) is 3. The van der Waals surface area contributed by atoms with E-state index in [4.69, 9.17) is 9.47 Å². The van der Waals surface area contributed by atoms with Crippen LogP contribution in [0.5, 0.6) is 17.2 Å². The zero-order chi connectivity index (χ0) is 18.5. The number of carbonyl (C=O) groups is 1. The molecule has 0 fully saturated rings.